The minimum atomic E-state index is -4.74. The van der Waals surface area contributed by atoms with Gasteiger partial charge in [-0.25, -0.2) is 9.97 Å². The number of halogens is 3. The van der Waals surface area contributed by atoms with Crippen molar-refractivity contribution in [3.8, 4) is 27.7 Å². The predicted molar refractivity (Wildman–Crippen MR) is 126 cm³/mol. The normalized spacial score (nSPS) is 12.4. The van der Waals surface area contributed by atoms with Crippen LogP contribution in [0.4, 0.5) is 19.0 Å². The Hall–Kier alpha value is -3.53. The van der Waals surface area contributed by atoms with Gasteiger partial charge < -0.3 is 19.5 Å². The molecule has 0 bridgehead atoms. The molecule has 6 nitrogen and oxygen atoms in total. The van der Waals surface area contributed by atoms with Crippen LogP contribution >= 0.6 is 11.3 Å². The van der Waals surface area contributed by atoms with Crippen LogP contribution in [0.15, 0.2) is 48.5 Å². The summed E-state index contributed by atoms with van der Waals surface area (Å²) in [5.74, 6) is 2.04. The Bertz CT molecular complexity index is 1320. The molecular formula is C24H22F3N3O3S. The molecule has 178 valence electrons. The van der Waals surface area contributed by atoms with Crippen LogP contribution in [0.2, 0.25) is 0 Å². The zero-order valence-electron chi connectivity index (χ0n) is 18.9. The molecule has 10 heteroatoms. The van der Waals surface area contributed by atoms with Crippen molar-refractivity contribution in [2.45, 2.75) is 26.3 Å². The highest BCUT2D eigenvalue weighted by molar-refractivity contribution is 7.15. The highest BCUT2D eigenvalue weighted by Crippen LogP contribution is 2.40. The van der Waals surface area contributed by atoms with Crippen molar-refractivity contribution < 1.29 is 27.4 Å². The largest absolute Gasteiger partial charge is 0.573 e. The van der Waals surface area contributed by atoms with E-state index in [0.29, 0.717) is 39.6 Å². The molecule has 0 radical (unpaired) electrons. The van der Waals surface area contributed by atoms with Crippen molar-refractivity contribution in [3.63, 3.8) is 0 Å². The van der Waals surface area contributed by atoms with Crippen LogP contribution in [0, 0.1) is 6.92 Å². The third-order valence-electron chi connectivity index (χ3n) is 5.08. The second kappa shape index (κ2) is 9.38. The molecule has 1 atom stereocenters. The average Bonchev–Trinajstić information content (AvgIpc) is 3.27. The topological polar surface area (TPSA) is 65.5 Å². The summed E-state index contributed by atoms with van der Waals surface area (Å²) in [6.45, 7) is 3.79. The van der Waals surface area contributed by atoms with Gasteiger partial charge in [0.05, 0.1) is 31.2 Å². The minimum Gasteiger partial charge on any atom is -0.493 e. The fourth-order valence-electron chi connectivity index (χ4n) is 3.62. The summed E-state index contributed by atoms with van der Waals surface area (Å²) >= 11 is 1.47. The Morgan fingerprint density at radius 1 is 1.00 bits per heavy atom. The number of aromatic nitrogens is 2. The number of hydrogen-bond donors (Lipinski definition) is 1. The number of thiophene rings is 1. The molecule has 0 aliphatic heterocycles. The lowest BCUT2D eigenvalue weighted by Crippen LogP contribution is -2.17. The van der Waals surface area contributed by atoms with Gasteiger partial charge in [0.15, 0.2) is 11.5 Å². The van der Waals surface area contributed by atoms with Gasteiger partial charge in [-0.15, -0.1) is 24.5 Å². The van der Waals surface area contributed by atoms with Crippen molar-refractivity contribution in [2.75, 3.05) is 19.5 Å². The van der Waals surface area contributed by atoms with Crippen LogP contribution < -0.4 is 19.5 Å². The lowest BCUT2D eigenvalue weighted by molar-refractivity contribution is -0.274. The summed E-state index contributed by atoms with van der Waals surface area (Å²) in [5, 5.41) is 4.13. The zero-order chi connectivity index (χ0) is 24.5. The van der Waals surface area contributed by atoms with Crippen LogP contribution in [0.1, 0.15) is 23.7 Å². The number of fused-ring (bicyclic) bond motifs is 1. The number of benzene rings is 2. The van der Waals surface area contributed by atoms with Crippen LogP contribution in [-0.4, -0.2) is 30.5 Å². The summed E-state index contributed by atoms with van der Waals surface area (Å²) in [6, 6.07) is 13.2. The fraction of sp³-hybridized carbons (Fsp3) is 0.250. The van der Waals surface area contributed by atoms with E-state index in [4.69, 9.17) is 9.47 Å². The number of aryl methyl sites for hydroxylation is 1. The van der Waals surface area contributed by atoms with E-state index >= 15 is 0 Å². The molecule has 4 rings (SSSR count). The second-order valence-electron chi connectivity index (χ2n) is 7.46. The standard InChI is InChI=1S/C24H22F3N3O3S/c1-13(19-10-11-20(34-19)15-6-5-7-16(12-15)33-24(25,26)27)28-23-21-17(29-14(2)30-23)8-9-18(31-3)22(21)32-4/h5-13H,1-4H3,(H,28,29,30). The monoisotopic (exact) mass is 489 g/mol. The Morgan fingerprint density at radius 3 is 2.50 bits per heavy atom. The molecule has 0 saturated heterocycles. The average molecular weight is 490 g/mol. The molecule has 34 heavy (non-hydrogen) atoms. The fourth-order valence-corrected chi connectivity index (χ4v) is 4.63. The summed E-state index contributed by atoms with van der Waals surface area (Å²) < 4.78 is 52.8. The van der Waals surface area contributed by atoms with Crippen molar-refractivity contribution >= 4 is 28.1 Å². The first-order valence-electron chi connectivity index (χ1n) is 10.3. The summed E-state index contributed by atoms with van der Waals surface area (Å²) in [7, 11) is 3.13. The van der Waals surface area contributed by atoms with E-state index in [1.807, 2.05) is 32.0 Å². The molecule has 1 unspecified atom stereocenters. The summed E-state index contributed by atoms with van der Waals surface area (Å²) in [5.41, 5.74) is 1.35. The van der Waals surface area contributed by atoms with Crippen LogP contribution in [-0.2, 0) is 0 Å². The van der Waals surface area contributed by atoms with E-state index in [9.17, 15) is 13.2 Å². The molecule has 2 aromatic heterocycles. The Morgan fingerprint density at radius 2 is 1.79 bits per heavy atom. The van der Waals surface area contributed by atoms with Gasteiger partial charge in [0.25, 0.3) is 0 Å². The summed E-state index contributed by atoms with van der Waals surface area (Å²) in [6.07, 6.45) is -4.74. The molecule has 0 fully saturated rings. The minimum absolute atomic E-state index is 0.151. The molecule has 0 aliphatic carbocycles. The van der Waals surface area contributed by atoms with Gasteiger partial charge in [-0.2, -0.15) is 0 Å². The van der Waals surface area contributed by atoms with E-state index < -0.39 is 6.36 Å². The van der Waals surface area contributed by atoms with Gasteiger partial charge >= 0.3 is 6.36 Å². The van der Waals surface area contributed by atoms with Gasteiger partial charge in [0.1, 0.15) is 17.4 Å². The van der Waals surface area contributed by atoms with E-state index in [0.717, 1.165) is 9.75 Å². The van der Waals surface area contributed by atoms with E-state index in [2.05, 4.69) is 20.0 Å². The number of rotatable bonds is 7. The van der Waals surface area contributed by atoms with Gasteiger partial charge in [0.2, 0.25) is 0 Å². The van der Waals surface area contributed by atoms with Crippen LogP contribution in [0.5, 0.6) is 17.2 Å². The smallest absolute Gasteiger partial charge is 0.493 e. The molecule has 2 heterocycles. The molecular weight excluding hydrogens is 467 g/mol. The van der Waals surface area contributed by atoms with Crippen molar-refractivity contribution in [1.82, 2.24) is 9.97 Å². The number of alkyl halides is 3. The number of hydrogen-bond acceptors (Lipinski definition) is 7. The highest BCUT2D eigenvalue weighted by Gasteiger charge is 2.31. The maximum absolute atomic E-state index is 12.6. The third kappa shape index (κ3) is 5.01. The zero-order valence-corrected chi connectivity index (χ0v) is 19.7. The second-order valence-corrected chi connectivity index (χ2v) is 8.57. The maximum atomic E-state index is 12.6. The Labute approximate surface area is 198 Å². The highest BCUT2D eigenvalue weighted by atomic mass is 32.1. The molecule has 0 spiro atoms. The van der Waals surface area contributed by atoms with Crippen LogP contribution in [0.3, 0.4) is 0 Å². The van der Waals surface area contributed by atoms with E-state index in [-0.39, 0.29) is 11.8 Å². The third-order valence-corrected chi connectivity index (χ3v) is 6.39. The van der Waals surface area contributed by atoms with Gasteiger partial charge in [-0.05, 0) is 55.8 Å². The molecule has 0 amide bonds. The van der Waals surface area contributed by atoms with Crippen molar-refractivity contribution in [3.05, 3.63) is 59.2 Å². The maximum Gasteiger partial charge on any atom is 0.573 e. The Balaban J connectivity index is 1.64. The Kier molecular flexibility index (Phi) is 6.52. The van der Waals surface area contributed by atoms with Crippen molar-refractivity contribution in [1.29, 1.82) is 0 Å². The quantitative estimate of drug-likeness (QED) is 0.310. The molecule has 0 saturated carbocycles. The molecule has 2 aromatic carbocycles. The number of anilines is 1. The number of nitrogens with zero attached hydrogens (tertiary/aromatic N) is 2. The summed E-state index contributed by atoms with van der Waals surface area (Å²) in [4.78, 5) is 10.9. The predicted octanol–water partition coefficient (Wildman–Crippen LogP) is 6.76. The van der Waals surface area contributed by atoms with Gasteiger partial charge in [-0.3, -0.25) is 0 Å². The first kappa shape index (κ1) is 23.6. The van der Waals surface area contributed by atoms with E-state index in [1.54, 1.807) is 26.4 Å². The first-order valence-corrected chi connectivity index (χ1v) is 11.1. The number of nitrogens with one attached hydrogen (secondary N) is 1. The SMILES string of the molecule is COc1ccc2nc(C)nc(NC(C)c3ccc(-c4cccc(OC(F)(F)F)c4)s3)c2c1OC. The van der Waals surface area contributed by atoms with Gasteiger partial charge in [0, 0.05) is 9.75 Å². The van der Waals surface area contributed by atoms with Gasteiger partial charge in [-0.1, -0.05) is 12.1 Å². The molecule has 0 aliphatic rings. The van der Waals surface area contributed by atoms with Crippen molar-refractivity contribution in [2.24, 2.45) is 0 Å². The van der Waals surface area contributed by atoms with E-state index in [1.165, 1.54) is 29.5 Å². The lowest BCUT2D eigenvalue weighted by atomic mass is 10.1. The number of ether oxygens (including phenoxy) is 3. The first-order chi connectivity index (χ1) is 16.2. The molecule has 4 aromatic rings. The number of methoxy groups -OCH3 is 2. The van der Waals surface area contributed by atoms with Crippen LogP contribution in [0.25, 0.3) is 21.3 Å². The lowest BCUT2D eigenvalue weighted by Gasteiger charge is -2.18. The molecule has 1 N–H and O–H groups in total.